The largest absolute Gasteiger partial charge is 0.409 e. The SMILES string of the molecule is NC(=NO)c1nccnc1N1CCCc2ccccc21. The molecule has 0 atom stereocenters. The van der Waals surface area contributed by atoms with E-state index in [2.05, 4.69) is 32.2 Å². The van der Waals surface area contributed by atoms with Crippen LogP contribution < -0.4 is 10.6 Å². The first kappa shape index (κ1) is 12.4. The molecule has 0 fully saturated rings. The van der Waals surface area contributed by atoms with Crippen molar-refractivity contribution in [2.45, 2.75) is 12.8 Å². The Kier molecular flexibility index (Phi) is 3.20. The number of hydrogen-bond acceptors (Lipinski definition) is 5. The van der Waals surface area contributed by atoms with Crippen molar-refractivity contribution in [3.8, 4) is 0 Å². The minimum Gasteiger partial charge on any atom is -0.409 e. The highest BCUT2D eigenvalue weighted by molar-refractivity contribution is 6.00. The quantitative estimate of drug-likeness (QED) is 0.374. The lowest BCUT2D eigenvalue weighted by Crippen LogP contribution is -2.29. The van der Waals surface area contributed by atoms with Gasteiger partial charge in [-0.2, -0.15) is 0 Å². The van der Waals surface area contributed by atoms with Gasteiger partial charge in [0.15, 0.2) is 17.3 Å². The minimum absolute atomic E-state index is 0.0313. The van der Waals surface area contributed by atoms with Gasteiger partial charge < -0.3 is 15.8 Å². The van der Waals surface area contributed by atoms with Crippen molar-refractivity contribution in [2.75, 3.05) is 11.4 Å². The van der Waals surface area contributed by atoms with Gasteiger partial charge in [0.2, 0.25) is 0 Å². The average molecular weight is 269 g/mol. The fourth-order valence-corrected chi connectivity index (χ4v) is 2.51. The zero-order valence-electron chi connectivity index (χ0n) is 10.9. The zero-order valence-corrected chi connectivity index (χ0v) is 10.9. The monoisotopic (exact) mass is 269 g/mol. The number of amidine groups is 1. The van der Waals surface area contributed by atoms with Gasteiger partial charge in [-0.25, -0.2) is 9.97 Å². The van der Waals surface area contributed by atoms with Gasteiger partial charge >= 0.3 is 0 Å². The number of nitrogens with two attached hydrogens (primary N) is 1. The second kappa shape index (κ2) is 5.16. The van der Waals surface area contributed by atoms with Crippen molar-refractivity contribution in [1.82, 2.24) is 9.97 Å². The van der Waals surface area contributed by atoms with Gasteiger partial charge in [0.25, 0.3) is 0 Å². The van der Waals surface area contributed by atoms with Crippen molar-refractivity contribution >= 4 is 17.3 Å². The van der Waals surface area contributed by atoms with E-state index < -0.39 is 0 Å². The lowest BCUT2D eigenvalue weighted by atomic mass is 10.0. The molecule has 0 aliphatic carbocycles. The van der Waals surface area contributed by atoms with Crippen molar-refractivity contribution in [3.63, 3.8) is 0 Å². The maximum Gasteiger partial charge on any atom is 0.192 e. The number of benzene rings is 1. The highest BCUT2D eigenvalue weighted by Crippen LogP contribution is 2.33. The molecule has 20 heavy (non-hydrogen) atoms. The van der Waals surface area contributed by atoms with Gasteiger partial charge in [-0.3, -0.25) is 0 Å². The Morgan fingerprint density at radius 2 is 2.05 bits per heavy atom. The molecule has 0 unspecified atom stereocenters. The molecule has 102 valence electrons. The Hall–Kier alpha value is -2.63. The average Bonchev–Trinajstić information content (AvgIpc) is 2.53. The maximum absolute atomic E-state index is 8.88. The van der Waals surface area contributed by atoms with E-state index in [0.29, 0.717) is 11.5 Å². The topological polar surface area (TPSA) is 87.6 Å². The summed E-state index contributed by atoms with van der Waals surface area (Å²) >= 11 is 0. The van der Waals surface area contributed by atoms with Crippen LogP contribution in [0.25, 0.3) is 0 Å². The summed E-state index contributed by atoms with van der Waals surface area (Å²) < 4.78 is 0. The number of fused-ring (bicyclic) bond motifs is 1. The van der Waals surface area contributed by atoms with Crippen LogP contribution in [0.1, 0.15) is 17.7 Å². The molecular formula is C14H15N5O. The molecule has 1 aromatic carbocycles. The van der Waals surface area contributed by atoms with Gasteiger partial charge in [-0.1, -0.05) is 23.4 Å². The van der Waals surface area contributed by atoms with E-state index in [4.69, 9.17) is 10.9 Å². The number of nitrogens with zero attached hydrogens (tertiary/aromatic N) is 4. The highest BCUT2D eigenvalue weighted by atomic mass is 16.4. The Balaban J connectivity index is 2.12. The van der Waals surface area contributed by atoms with Crippen LogP contribution in [0.4, 0.5) is 11.5 Å². The van der Waals surface area contributed by atoms with Gasteiger partial charge in [-0.05, 0) is 24.5 Å². The van der Waals surface area contributed by atoms with Crippen molar-refractivity contribution in [3.05, 3.63) is 47.9 Å². The predicted octanol–water partition coefficient (Wildman–Crippen LogP) is 1.66. The number of rotatable bonds is 2. The summed E-state index contributed by atoms with van der Waals surface area (Å²) in [6, 6.07) is 8.19. The van der Waals surface area contributed by atoms with E-state index in [9.17, 15) is 0 Å². The second-order valence-corrected chi connectivity index (χ2v) is 4.60. The van der Waals surface area contributed by atoms with E-state index in [1.54, 1.807) is 6.20 Å². The number of hydrogen-bond donors (Lipinski definition) is 2. The third kappa shape index (κ3) is 2.05. The molecule has 0 spiro atoms. The van der Waals surface area contributed by atoms with E-state index in [0.717, 1.165) is 25.1 Å². The van der Waals surface area contributed by atoms with Crippen molar-refractivity contribution in [1.29, 1.82) is 0 Å². The smallest absolute Gasteiger partial charge is 0.192 e. The molecule has 3 rings (SSSR count). The van der Waals surface area contributed by atoms with E-state index in [1.807, 2.05) is 12.1 Å². The van der Waals surface area contributed by atoms with Gasteiger partial charge in [-0.15, -0.1) is 0 Å². The summed E-state index contributed by atoms with van der Waals surface area (Å²) in [5.74, 6) is 0.589. The van der Waals surface area contributed by atoms with Crippen LogP contribution in [0.15, 0.2) is 41.8 Å². The lowest BCUT2D eigenvalue weighted by molar-refractivity contribution is 0.318. The summed E-state index contributed by atoms with van der Waals surface area (Å²) in [4.78, 5) is 10.6. The zero-order chi connectivity index (χ0) is 13.9. The molecule has 1 aromatic heterocycles. The molecule has 3 N–H and O–H groups in total. The number of para-hydroxylation sites is 1. The summed E-state index contributed by atoms with van der Waals surface area (Å²) in [6.07, 6.45) is 5.22. The first-order valence-corrected chi connectivity index (χ1v) is 6.45. The Morgan fingerprint density at radius 3 is 2.90 bits per heavy atom. The number of aryl methyl sites for hydroxylation is 1. The molecule has 6 heteroatoms. The summed E-state index contributed by atoms with van der Waals surface area (Å²) in [5, 5.41) is 11.9. The standard InChI is InChI=1S/C14H15N5O/c15-13(18-20)12-14(17-8-7-16-12)19-9-3-5-10-4-1-2-6-11(10)19/h1-2,4,6-8,20H,3,5,9H2,(H2,15,18). The van der Waals surface area contributed by atoms with Crippen molar-refractivity contribution in [2.24, 2.45) is 10.9 Å². The van der Waals surface area contributed by atoms with Crippen LogP contribution in [0.2, 0.25) is 0 Å². The normalized spacial score (nSPS) is 15.0. The molecule has 1 aliphatic rings. The molecule has 0 saturated heterocycles. The van der Waals surface area contributed by atoms with Crippen LogP contribution in [-0.2, 0) is 6.42 Å². The molecule has 2 aromatic rings. The number of anilines is 2. The van der Waals surface area contributed by atoms with Crippen LogP contribution in [0, 0.1) is 0 Å². The second-order valence-electron chi connectivity index (χ2n) is 4.60. The Labute approximate surface area is 116 Å². The lowest BCUT2D eigenvalue weighted by Gasteiger charge is -2.31. The molecule has 0 bridgehead atoms. The first-order chi connectivity index (χ1) is 9.81. The predicted molar refractivity (Wildman–Crippen MR) is 76.3 cm³/mol. The molecule has 6 nitrogen and oxygen atoms in total. The molecule has 0 amide bonds. The molecule has 1 aliphatic heterocycles. The first-order valence-electron chi connectivity index (χ1n) is 6.45. The Morgan fingerprint density at radius 1 is 1.25 bits per heavy atom. The van der Waals surface area contributed by atoms with Crippen LogP contribution in [0.5, 0.6) is 0 Å². The summed E-state index contributed by atoms with van der Waals surface area (Å²) in [5.41, 5.74) is 8.46. The van der Waals surface area contributed by atoms with Crippen molar-refractivity contribution < 1.29 is 5.21 Å². The molecule has 0 saturated carbocycles. The van der Waals surface area contributed by atoms with Gasteiger partial charge in [0.1, 0.15) is 0 Å². The number of aromatic nitrogens is 2. The van der Waals surface area contributed by atoms with Gasteiger partial charge in [0.05, 0.1) is 0 Å². The minimum atomic E-state index is -0.0313. The third-order valence-electron chi connectivity index (χ3n) is 3.40. The third-order valence-corrected chi connectivity index (χ3v) is 3.40. The highest BCUT2D eigenvalue weighted by Gasteiger charge is 2.23. The van der Waals surface area contributed by atoms with E-state index >= 15 is 0 Å². The van der Waals surface area contributed by atoms with Crippen LogP contribution >= 0.6 is 0 Å². The van der Waals surface area contributed by atoms with Gasteiger partial charge in [0, 0.05) is 24.6 Å². The van der Waals surface area contributed by atoms with Crippen LogP contribution in [0.3, 0.4) is 0 Å². The number of oxime groups is 1. The fraction of sp³-hybridized carbons (Fsp3) is 0.214. The van der Waals surface area contributed by atoms with E-state index in [-0.39, 0.29) is 5.84 Å². The maximum atomic E-state index is 8.88. The Bertz CT molecular complexity index is 656. The van der Waals surface area contributed by atoms with E-state index in [1.165, 1.54) is 11.8 Å². The summed E-state index contributed by atoms with van der Waals surface area (Å²) in [6.45, 7) is 0.835. The molecule has 0 radical (unpaired) electrons. The fourth-order valence-electron chi connectivity index (χ4n) is 2.51. The molecule has 2 heterocycles. The summed E-state index contributed by atoms with van der Waals surface area (Å²) in [7, 11) is 0. The van der Waals surface area contributed by atoms with Crippen LogP contribution in [-0.4, -0.2) is 27.6 Å². The molecular weight excluding hydrogens is 254 g/mol.